The van der Waals surface area contributed by atoms with Crippen molar-refractivity contribution < 1.29 is 22.8 Å². The van der Waals surface area contributed by atoms with Gasteiger partial charge in [-0.3, -0.25) is 14.7 Å². The van der Waals surface area contributed by atoms with Crippen LogP contribution in [0.5, 0.6) is 0 Å². The molecule has 1 aromatic heterocycles. The van der Waals surface area contributed by atoms with Gasteiger partial charge < -0.3 is 5.32 Å². The van der Waals surface area contributed by atoms with Crippen LogP contribution in [0.4, 0.5) is 18.0 Å². The second kappa shape index (κ2) is 4.71. The average Bonchev–Trinajstić information content (AvgIpc) is 3.21. The van der Waals surface area contributed by atoms with Crippen LogP contribution >= 0.6 is 0 Å². The monoisotopic (exact) mass is 299 g/mol. The highest BCUT2D eigenvalue weighted by Gasteiger charge is 2.46. The van der Waals surface area contributed by atoms with E-state index in [0.29, 0.717) is 6.20 Å². The molecule has 1 saturated carbocycles. The normalized spacial score (nSPS) is 22.6. The molecule has 112 valence electrons. The molecule has 1 atom stereocenters. The van der Waals surface area contributed by atoms with Crippen molar-refractivity contribution in [2.24, 2.45) is 5.92 Å². The Labute approximate surface area is 118 Å². The van der Waals surface area contributed by atoms with Crippen molar-refractivity contribution in [2.45, 2.75) is 31.6 Å². The number of aromatic nitrogens is 1. The standard InChI is InChI=1S/C13H12F3N3O2/c14-13(15,16)8-3-4-9(17-5-8)6-19-11(20)10(7-1-2-7)18-12(19)21/h3-5,7,10H,1-2,6H2,(H,18,21). The predicted octanol–water partition coefficient (Wildman–Crippen LogP) is 1.93. The number of imide groups is 1. The van der Waals surface area contributed by atoms with Crippen LogP contribution in [-0.4, -0.2) is 27.9 Å². The summed E-state index contributed by atoms with van der Waals surface area (Å²) in [6.07, 6.45) is -1.94. The number of carbonyl (C=O) groups is 2. The minimum absolute atomic E-state index is 0.119. The van der Waals surface area contributed by atoms with Gasteiger partial charge in [-0.15, -0.1) is 0 Å². The van der Waals surface area contributed by atoms with Gasteiger partial charge in [0.1, 0.15) is 6.04 Å². The molecule has 2 heterocycles. The van der Waals surface area contributed by atoms with E-state index in [1.54, 1.807) is 0 Å². The van der Waals surface area contributed by atoms with Gasteiger partial charge in [0, 0.05) is 6.20 Å². The van der Waals surface area contributed by atoms with Crippen LogP contribution in [0.15, 0.2) is 18.3 Å². The molecule has 0 spiro atoms. The van der Waals surface area contributed by atoms with Gasteiger partial charge in [0.15, 0.2) is 0 Å². The molecule has 3 rings (SSSR count). The van der Waals surface area contributed by atoms with Crippen LogP contribution in [0, 0.1) is 5.92 Å². The molecule has 1 unspecified atom stereocenters. The Morgan fingerprint density at radius 1 is 1.29 bits per heavy atom. The van der Waals surface area contributed by atoms with Crippen molar-refractivity contribution in [3.63, 3.8) is 0 Å². The Kier molecular flexibility index (Phi) is 3.11. The number of carbonyl (C=O) groups excluding carboxylic acids is 2. The van der Waals surface area contributed by atoms with Crippen LogP contribution in [0.1, 0.15) is 24.1 Å². The van der Waals surface area contributed by atoms with Crippen LogP contribution < -0.4 is 5.32 Å². The molecule has 8 heteroatoms. The Hall–Kier alpha value is -2.12. The van der Waals surface area contributed by atoms with E-state index in [2.05, 4.69) is 10.3 Å². The third kappa shape index (κ3) is 2.70. The van der Waals surface area contributed by atoms with Crippen molar-refractivity contribution in [1.82, 2.24) is 15.2 Å². The highest BCUT2D eigenvalue weighted by molar-refractivity contribution is 6.04. The van der Waals surface area contributed by atoms with Gasteiger partial charge in [0.2, 0.25) is 0 Å². The number of hydrogen-bond acceptors (Lipinski definition) is 3. The van der Waals surface area contributed by atoms with Gasteiger partial charge in [0.25, 0.3) is 5.91 Å². The van der Waals surface area contributed by atoms with Crippen molar-refractivity contribution >= 4 is 11.9 Å². The molecule has 2 fully saturated rings. The first kappa shape index (κ1) is 13.8. The van der Waals surface area contributed by atoms with E-state index in [0.717, 1.165) is 23.8 Å². The van der Waals surface area contributed by atoms with E-state index >= 15 is 0 Å². The third-order valence-electron chi connectivity index (χ3n) is 3.62. The first-order valence-corrected chi connectivity index (χ1v) is 6.50. The summed E-state index contributed by atoms with van der Waals surface area (Å²) in [5.41, 5.74) is -0.623. The second-order valence-electron chi connectivity index (χ2n) is 5.22. The van der Waals surface area contributed by atoms with Crippen molar-refractivity contribution in [3.8, 4) is 0 Å². The summed E-state index contributed by atoms with van der Waals surface area (Å²) in [6, 6.07) is 1.05. The fourth-order valence-electron chi connectivity index (χ4n) is 2.29. The van der Waals surface area contributed by atoms with Crippen LogP contribution in [0.25, 0.3) is 0 Å². The predicted molar refractivity (Wildman–Crippen MR) is 64.8 cm³/mol. The topological polar surface area (TPSA) is 62.3 Å². The number of nitrogens with zero attached hydrogens (tertiary/aromatic N) is 2. The zero-order chi connectivity index (χ0) is 15.2. The molecular weight excluding hydrogens is 287 g/mol. The zero-order valence-electron chi connectivity index (χ0n) is 10.9. The van der Waals surface area contributed by atoms with E-state index in [4.69, 9.17) is 0 Å². The Bertz CT molecular complexity index is 581. The SMILES string of the molecule is O=C1NC(C2CC2)C(=O)N1Cc1ccc(C(F)(F)F)cn1. The minimum Gasteiger partial charge on any atom is -0.326 e. The minimum atomic E-state index is -4.45. The number of halogens is 3. The largest absolute Gasteiger partial charge is 0.417 e. The lowest BCUT2D eigenvalue weighted by Gasteiger charge is -2.13. The maximum absolute atomic E-state index is 12.4. The number of pyridine rings is 1. The molecule has 0 aromatic carbocycles. The molecule has 0 bridgehead atoms. The Balaban J connectivity index is 1.71. The lowest BCUT2D eigenvalue weighted by Crippen LogP contribution is -2.32. The van der Waals surface area contributed by atoms with Gasteiger partial charge in [-0.05, 0) is 30.9 Å². The maximum atomic E-state index is 12.4. The van der Waals surface area contributed by atoms with Gasteiger partial charge >= 0.3 is 12.2 Å². The summed E-state index contributed by atoms with van der Waals surface area (Å²) < 4.78 is 37.3. The van der Waals surface area contributed by atoms with E-state index in [1.807, 2.05) is 0 Å². The number of rotatable bonds is 3. The van der Waals surface area contributed by atoms with Crippen molar-refractivity contribution in [2.75, 3.05) is 0 Å². The fourth-order valence-corrected chi connectivity index (χ4v) is 2.29. The first-order valence-electron chi connectivity index (χ1n) is 6.50. The Morgan fingerprint density at radius 3 is 2.52 bits per heavy atom. The molecular formula is C13H12F3N3O2. The zero-order valence-corrected chi connectivity index (χ0v) is 10.9. The van der Waals surface area contributed by atoms with Gasteiger partial charge in [-0.1, -0.05) is 0 Å². The number of nitrogens with one attached hydrogen (secondary N) is 1. The summed E-state index contributed by atoms with van der Waals surface area (Å²) in [5.74, 6) is -0.142. The molecule has 2 aliphatic rings. The number of amides is 3. The quantitative estimate of drug-likeness (QED) is 0.868. The van der Waals surface area contributed by atoms with Gasteiger partial charge in [-0.25, -0.2) is 4.79 Å². The van der Waals surface area contributed by atoms with Gasteiger partial charge in [-0.2, -0.15) is 13.2 Å². The second-order valence-corrected chi connectivity index (χ2v) is 5.22. The molecule has 1 saturated heterocycles. The van der Waals surface area contributed by atoms with Crippen LogP contribution in [0.3, 0.4) is 0 Å². The third-order valence-corrected chi connectivity index (χ3v) is 3.62. The number of alkyl halides is 3. The van der Waals surface area contributed by atoms with Gasteiger partial charge in [0.05, 0.1) is 17.8 Å². The smallest absolute Gasteiger partial charge is 0.326 e. The molecule has 3 amide bonds. The molecule has 1 aliphatic carbocycles. The van der Waals surface area contributed by atoms with E-state index < -0.39 is 23.8 Å². The summed E-state index contributed by atoms with van der Waals surface area (Å²) in [6.45, 7) is -0.119. The highest BCUT2D eigenvalue weighted by Crippen LogP contribution is 2.35. The molecule has 5 nitrogen and oxygen atoms in total. The average molecular weight is 299 g/mol. The maximum Gasteiger partial charge on any atom is 0.417 e. The summed E-state index contributed by atoms with van der Waals surface area (Å²) in [7, 11) is 0. The highest BCUT2D eigenvalue weighted by atomic mass is 19.4. The Morgan fingerprint density at radius 2 is 2.00 bits per heavy atom. The lowest BCUT2D eigenvalue weighted by molar-refractivity contribution is -0.138. The van der Waals surface area contributed by atoms with E-state index in [-0.39, 0.29) is 24.1 Å². The summed E-state index contributed by atoms with van der Waals surface area (Å²) >= 11 is 0. The molecule has 1 N–H and O–H groups in total. The molecule has 1 aromatic rings. The lowest BCUT2D eigenvalue weighted by atomic mass is 10.2. The van der Waals surface area contributed by atoms with E-state index in [9.17, 15) is 22.8 Å². The number of hydrogen-bond donors (Lipinski definition) is 1. The van der Waals surface area contributed by atoms with Crippen LogP contribution in [-0.2, 0) is 17.5 Å². The molecule has 1 aliphatic heterocycles. The number of urea groups is 1. The fraction of sp³-hybridized carbons (Fsp3) is 0.462. The van der Waals surface area contributed by atoms with Crippen molar-refractivity contribution in [3.05, 3.63) is 29.6 Å². The molecule has 0 radical (unpaired) electrons. The summed E-state index contributed by atoms with van der Waals surface area (Å²) in [4.78, 5) is 28.5. The summed E-state index contributed by atoms with van der Waals surface area (Å²) in [5, 5.41) is 2.60. The molecule has 21 heavy (non-hydrogen) atoms. The first-order chi connectivity index (χ1) is 9.86. The van der Waals surface area contributed by atoms with Crippen molar-refractivity contribution in [1.29, 1.82) is 0 Å². The van der Waals surface area contributed by atoms with E-state index in [1.165, 1.54) is 6.07 Å². The van der Waals surface area contributed by atoms with Crippen LogP contribution in [0.2, 0.25) is 0 Å².